The second-order valence-corrected chi connectivity index (χ2v) is 2.93. The predicted molar refractivity (Wildman–Crippen MR) is 55.0 cm³/mol. The van der Waals surface area contributed by atoms with Crippen molar-refractivity contribution >= 4 is 11.6 Å². The first-order valence-corrected chi connectivity index (χ1v) is 4.50. The lowest BCUT2D eigenvalue weighted by molar-refractivity contribution is 0.607. The van der Waals surface area contributed by atoms with E-state index in [0.717, 1.165) is 0 Å². The van der Waals surface area contributed by atoms with Crippen LogP contribution in [0.1, 0.15) is 0 Å². The van der Waals surface area contributed by atoms with Crippen molar-refractivity contribution in [3.05, 3.63) is 24.8 Å². The number of nitrogen functional groups attached to an aromatic ring is 1. The molecule has 0 aliphatic rings. The van der Waals surface area contributed by atoms with Gasteiger partial charge in [0.2, 0.25) is 5.95 Å². The van der Waals surface area contributed by atoms with Gasteiger partial charge in [-0.2, -0.15) is 0 Å². The van der Waals surface area contributed by atoms with Gasteiger partial charge in [-0.3, -0.25) is 4.68 Å². The Morgan fingerprint density at radius 3 is 2.80 bits per heavy atom. The summed E-state index contributed by atoms with van der Waals surface area (Å²) < 4.78 is 1.73. The standard InChI is InChI=1S/C8H11N7/c9-7-5-11-8(12-6-7)10-1-3-15-4-2-13-14-15/h2,4-6H,1,3,9H2,(H,10,11,12). The largest absolute Gasteiger partial charge is 0.396 e. The maximum Gasteiger partial charge on any atom is 0.222 e. The summed E-state index contributed by atoms with van der Waals surface area (Å²) >= 11 is 0. The third-order valence-corrected chi connectivity index (χ3v) is 1.77. The molecule has 2 aromatic rings. The Bertz CT molecular complexity index is 393. The van der Waals surface area contributed by atoms with Crippen LogP contribution in [0.5, 0.6) is 0 Å². The number of nitrogens with zero attached hydrogens (tertiary/aromatic N) is 5. The second kappa shape index (κ2) is 4.36. The van der Waals surface area contributed by atoms with Crippen LogP contribution in [0.2, 0.25) is 0 Å². The van der Waals surface area contributed by atoms with Crippen LogP contribution >= 0.6 is 0 Å². The van der Waals surface area contributed by atoms with Crippen molar-refractivity contribution in [2.24, 2.45) is 0 Å². The number of hydrogen-bond donors (Lipinski definition) is 2. The minimum Gasteiger partial charge on any atom is -0.396 e. The van der Waals surface area contributed by atoms with Crippen molar-refractivity contribution in [2.75, 3.05) is 17.6 Å². The topological polar surface area (TPSA) is 94.5 Å². The van der Waals surface area contributed by atoms with Gasteiger partial charge >= 0.3 is 0 Å². The number of nitrogens with two attached hydrogens (primary N) is 1. The minimum atomic E-state index is 0.553. The van der Waals surface area contributed by atoms with Gasteiger partial charge in [0.25, 0.3) is 0 Å². The quantitative estimate of drug-likeness (QED) is 0.715. The van der Waals surface area contributed by atoms with E-state index in [1.54, 1.807) is 29.5 Å². The normalized spacial score (nSPS) is 10.1. The van der Waals surface area contributed by atoms with Crippen LogP contribution in [0.4, 0.5) is 11.6 Å². The van der Waals surface area contributed by atoms with Crippen molar-refractivity contribution in [1.29, 1.82) is 0 Å². The molecule has 0 aliphatic heterocycles. The summed E-state index contributed by atoms with van der Waals surface area (Å²) in [5.74, 6) is 0.560. The SMILES string of the molecule is Nc1cnc(NCCn2ccnn2)nc1. The molecule has 7 nitrogen and oxygen atoms in total. The molecule has 0 bridgehead atoms. The second-order valence-electron chi connectivity index (χ2n) is 2.93. The van der Waals surface area contributed by atoms with Crippen molar-refractivity contribution in [2.45, 2.75) is 6.54 Å². The van der Waals surface area contributed by atoms with Crippen LogP contribution in [0, 0.1) is 0 Å². The van der Waals surface area contributed by atoms with E-state index in [4.69, 9.17) is 5.73 Å². The Morgan fingerprint density at radius 2 is 2.13 bits per heavy atom. The zero-order valence-electron chi connectivity index (χ0n) is 8.04. The molecule has 0 aromatic carbocycles. The highest BCUT2D eigenvalue weighted by molar-refractivity contribution is 5.35. The van der Waals surface area contributed by atoms with E-state index in [1.807, 2.05) is 0 Å². The van der Waals surface area contributed by atoms with Gasteiger partial charge in [-0.15, -0.1) is 5.10 Å². The van der Waals surface area contributed by atoms with Gasteiger partial charge in [0.15, 0.2) is 0 Å². The highest BCUT2D eigenvalue weighted by atomic mass is 15.4. The van der Waals surface area contributed by atoms with Crippen LogP contribution in [0.15, 0.2) is 24.8 Å². The fraction of sp³-hybridized carbons (Fsp3) is 0.250. The molecule has 7 heteroatoms. The maximum atomic E-state index is 5.46. The smallest absolute Gasteiger partial charge is 0.222 e. The summed E-state index contributed by atoms with van der Waals surface area (Å²) in [5.41, 5.74) is 6.01. The Hall–Kier alpha value is -2.18. The van der Waals surface area contributed by atoms with Crippen molar-refractivity contribution in [3.63, 3.8) is 0 Å². The first-order valence-electron chi connectivity index (χ1n) is 4.50. The zero-order valence-corrected chi connectivity index (χ0v) is 8.04. The molecule has 0 saturated carbocycles. The van der Waals surface area contributed by atoms with Gasteiger partial charge in [-0.05, 0) is 0 Å². The third-order valence-electron chi connectivity index (χ3n) is 1.77. The van der Waals surface area contributed by atoms with E-state index in [-0.39, 0.29) is 0 Å². The van der Waals surface area contributed by atoms with Crippen molar-refractivity contribution in [1.82, 2.24) is 25.0 Å². The summed E-state index contributed by atoms with van der Waals surface area (Å²) in [5, 5.41) is 10.6. The van der Waals surface area contributed by atoms with Crippen molar-refractivity contribution < 1.29 is 0 Å². The van der Waals surface area contributed by atoms with E-state index < -0.39 is 0 Å². The van der Waals surface area contributed by atoms with Gasteiger partial charge < -0.3 is 11.1 Å². The molecular formula is C8H11N7. The van der Waals surface area contributed by atoms with Crippen molar-refractivity contribution in [3.8, 4) is 0 Å². The molecule has 0 spiro atoms. The molecule has 0 aliphatic carbocycles. The molecule has 0 fully saturated rings. The van der Waals surface area contributed by atoms with E-state index in [2.05, 4.69) is 25.6 Å². The van der Waals surface area contributed by atoms with Gasteiger partial charge in [0.1, 0.15) is 0 Å². The molecule has 3 N–H and O–H groups in total. The summed E-state index contributed by atoms with van der Waals surface area (Å²) in [7, 11) is 0. The molecule has 0 unspecified atom stereocenters. The highest BCUT2D eigenvalue weighted by Crippen LogP contribution is 1.99. The van der Waals surface area contributed by atoms with E-state index in [1.165, 1.54) is 0 Å². The van der Waals surface area contributed by atoms with E-state index in [9.17, 15) is 0 Å². The van der Waals surface area contributed by atoms with Gasteiger partial charge in [0, 0.05) is 12.7 Å². The summed E-state index contributed by atoms with van der Waals surface area (Å²) in [6.07, 6.45) is 6.56. The van der Waals surface area contributed by atoms with Gasteiger partial charge in [-0.25, -0.2) is 9.97 Å². The third kappa shape index (κ3) is 2.63. The molecular weight excluding hydrogens is 194 g/mol. The van der Waals surface area contributed by atoms with Gasteiger partial charge in [-0.1, -0.05) is 5.21 Å². The van der Waals surface area contributed by atoms with Crippen LogP contribution in [0.3, 0.4) is 0 Å². The minimum absolute atomic E-state index is 0.553. The molecule has 0 radical (unpaired) electrons. The summed E-state index contributed by atoms with van der Waals surface area (Å²) in [6.45, 7) is 1.40. The molecule has 0 atom stereocenters. The maximum absolute atomic E-state index is 5.46. The Balaban J connectivity index is 1.81. The van der Waals surface area contributed by atoms with E-state index in [0.29, 0.717) is 24.7 Å². The van der Waals surface area contributed by atoms with Gasteiger partial charge in [0.05, 0.1) is 30.8 Å². The highest BCUT2D eigenvalue weighted by Gasteiger charge is 1.95. The molecule has 2 heterocycles. The Morgan fingerprint density at radius 1 is 1.33 bits per heavy atom. The lowest BCUT2D eigenvalue weighted by Gasteiger charge is -2.03. The molecule has 0 amide bonds. The monoisotopic (exact) mass is 205 g/mol. The Kier molecular flexibility index (Phi) is 2.72. The fourth-order valence-electron chi connectivity index (χ4n) is 1.06. The van der Waals surface area contributed by atoms with Crippen LogP contribution in [0.25, 0.3) is 0 Å². The lowest BCUT2D eigenvalue weighted by atomic mass is 10.5. The summed E-state index contributed by atoms with van der Waals surface area (Å²) in [4.78, 5) is 8.01. The molecule has 15 heavy (non-hydrogen) atoms. The molecule has 78 valence electrons. The Labute approximate surface area is 86.3 Å². The van der Waals surface area contributed by atoms with E-state index >= 15 is 0 Å². The molecule has 2 aromatic heterocycles. The van der Waals surface area contributed by atoms with Crippen LogP contribution < -0.4 is 11.1 Å². The average molecular weight is 205 g/mol. The predicted octanol–water partition coefficient (Wildman–Crippen LogP) is -0.238. The molecule has 0 saturated heterocycles. The fourth-order valence-corrected chi connectivity index (χ4v) is 1.06. The summed E-state index contributed by atoms with van der Waals surface area (Å²) in [6, 6.07) is 0. The average Bonchev–Trinajstić information content (AvgIpc) is 2.74. The number of rotatable bonds is 4. The number of nitrogens with one attached hydrogen (secondary N) is 1. The molecule has 2 rings (SSSR count). The number of anilines is 2. The first-order chi connectivity index (χ1) is 7.34. The first kappa shape index (κ1) is 9.38. The van der Waals surface area contributed by atoms with Crippen LogP contribution in [-0.2, 0) is 6.54 Å². The lowest BCUT2D eigenvalue weighted by Crippen LogP contribution is -2.12. The number of hydrogen-bond acceptors (Lipinski definition) is 6. The zero-order chi connectivity index (χ0) is 10.5. The number of aromatic nitrogens is 5. The van der Waals surface area contributed by atoms with Crippen LogP contribution in [-0.4, -0.2) is 31.5 Å².